The molecule has 4 aromatic rings. The Labute approximate surface area is 210 Å². The molecule has 1 saturated heterocycles. The molecule has 3 amide bonds. The maximum absolute atomic E-state index is 13.0. The lowest BCUT2D eigenvalue weighted by Gasteiger charge is -2.11. The lowest BCUT2D eigenvalue weighted by Crippen LogP contribution is -2.33. The molecule has 5 rings (SSSR count). The molecular weight excluding hydrogens is 478 g/mol. The molecule has 0 saturated carbocycles. The largest absolute Gasteiger partial charge is 0.467 e. The molecule has 0 bridgehead atoms. The van der Waals surface area contributed by atoms with Crippen molar-refractivity contribution in [3.63, 3.8) is 0 Å². The van der Waals surface area contributed by atoms with Crippen LogP contribution in [0.15, 0.2) is 88.5 Å². The number of benzene rings is 2. The molecule has 0 spiro atoms. The molecule has 3 heterocycles. The fourth-order valence-corrected chi connectivity index (χ4v) is 4.80. The molecule has 0 radical (unpaired) electrons. The molecule has 8 nitrogen and oxygen atoms in total. The van der Waals surface area contributed by atoms with Gasteiger partial charge in [0.15, 0.2) is 5.78 Å². The summed E-state index contributed by atoms with van der Waals surface area (Å²) in [6.07, 6.45) is 4.96. The maximum atomic E-state index is 13.0. The minimum atomic E-state index is -0.512. The zero-order valence-corrected chi connectivity index (χ0v) is 19.9. The van der Waals surface area contributed by atoms with Gasteiger partial charge in [-0.15, -0.1) is 0 Å². The highest BCUT2D eigenvalue weighted by Crippen LogP contribution is 2.34. The number of carbonyl (C=O) groups excluding carboxylic acids is 4. The average molecular weight is 500 g/mol. The number of fused-ring (bicyclic) bond motifs is 1. The van der Waals surface area contributed by atoms with Crippen LogP contribution in [-0.2, 0) is 22.7 Å². The molecule has 36 heavy (non-hydrogen) atoms. The van der Waals surface area contributed by atoms with Crippen LogP contribution >= 0.6 is 11.8 Å². The Balaban J connectivity index is 1.35. The van der Waals surface area contributed by atoms with Gasteiger partial charge in [-0.25, -0.2) is 0 Å². The van der Waals surface area contributed by atoms with Gasteiger partial charge in [0.2, 0.25) is 5.91 Å². The number of hydrogen-bond donors (Lipinski definition) is 1. The van der Waals surface area contributed by atoms with Crippen LogP contribution in [0.2, 0.25) is 0 Å². The number of thioether (sulfide) groups is 1. The second kappa shape index (κ2) is 10.1. The summed E-state index contributed by atoms with van der Waals surface area (Å²) >= 11 is 0.799. The number of amides is 3. The first-order chi connectivity index (χ1) is 17.5. The lowest BCUT2D eigenvalue weighted by molar-refractivity contribution is -0.123. The zero-order chi connectivity index (χ0) is 25.1. The summed E-state index contributed by atoms with van der Waals surface area (Å²) < 4.78 is 7.04. The average Bonchev–Trinajstić information content (AvgIpc) is 3.60. The minimum absolute atomic E-state index is 0.0715. The second-order valence-electron chi connectivity index (χ2n) is 8.14. The van der Waals surface area contributed by atoms with E-state index in [4.69, 9.17) is 4.42 Å². The van der Waals surface area contributed by atoms with Gasteiger partial charge in [-0.05, 0) is 36.0 Å². The summed E-state index contributed by atoms with van der Waals surface area (Å²) in [6.45, 7) is 0.0401. The Hall–Kier alpha value is -4.37. The number of imide groups is 1. The van der Waals surface area contributed by atoms with E-state index in [0.29, 0.717) is 16.9 Å². The van der Waals surface area contributed by atoms with Gasteiger partial charge in [0.05, 0.1) is 24.3 Å². The number of nitrogens with zero attached hydrogens (tertiary/aromatic N) is 2. The Morgan fingerprint density at radius 2 is 1.72 bits per heavy atom. The van der Waals surface area contributed by atoms with Crippen molar-refractivity contribution in [1.82, 2.24) is 14.8 Å². The summed E-state index contributed by atoms with van der Waals surface area (Å²) in [4.78, 5) is 51.8. The van der Waals surface area contributed by atoms with Crippen molar-refractivity contribution in [2.45, 2.75) is 13.1 Å². The van der Waals surface area contributed by atoms with Crippen LogP contribution in [0.4, 0.5) is 4.79 Å². The van der Waals surface area contributed by atoms with Crippen LogP contribution in [0.3, 0.4) is 0 Å². The topological polar surface area (TPSA) is 102 Å². The van der Waals surface area contributed by atoms with Crippen LogP contribution in [0, 0.1) is 0 Å². The second-order valence-corrected chi connectivity index (χ2v) is 9.14. The highest BCUT2D eigenvalue weighted by atomic mass is 32.2. The maximum Gasteiger partial charge on any atom is 0.293 e. The lowest BCUT2D eigenvalue weighted by atomic mass is 10.1. The predicted molar refractivity (Wildman–Crippen MR) is 136 cm³/mol. The molecule has 0 atom stereocenters. The first-order valence-corrected chi connectivity index (χ1v) is 12.0. The van der Waals surface area contributed by atoms with Gasteiger partial charge < -0.3 is 14.3 Å². The molecular formula is C27H21N3O5S. The van der Waals surface area contributed by atoms with E-state index in [1.165, 1.54) is 0 Å². The monoisotopic (exact) mass is 499 g/mol. The number of ketones is 1. The summed E-state index contributed by atoms with van der Waals surface area (Å²) in [5, 5.41) is 3.17. The van der Waals surface area contributed by atoms with E-state index < -0.39 is 11.1 Å². The van der Waals surface area contributed by atoms with Crippen molar-refractivity contribution < 1.29 is 23.6 Å². The van der Waals surface area contributed by atoms with Gasteiger partial charge in [0.25, 0.3) is 11.1 Å². The molecule has 2 aromatic heterocycles. The molecule has 1 N–H and O–H groups in total. The van der Waals surface area contributed by atoms with E-state index in [2.05, 4.69) is 5.32 Å². The van der Waals surface area contributed by atoms with Crippen molar-refractivity contribution in [2.75, 3.05) is 6.54 Å². The highest BCUT2D eigenvalue weighted by Gasteiger charge is 2.36. The SMILES string of the molecule is O=C(Cn1cc(/C=C2\SC(=O)N(CC(=O)c3ccccc3)C2=O)c2ccccc21)NCc1ccco1. The molecule has 2 aromatic carbocycles. The van der Waals surface area contributed by atoms with Crippen LogP contribution in [0.25, 0.3) is 17.0 Å². The Morgan fingerprint density at radius 3 is 2.50 bits per heavy atom. The molecule has 1 fully saturated rings. The van der Waals surface area contributed by atoms with Crippen LogP contribution in [-0.4, -0.2) is 38.8 Å². The van der Waals surface area contributed by atoms with Gasteiger partial charge in [0, 0.05) is 28.2 Å². The van der Waals surface area contributed by atoms with E-state index in [-0.39, 0.29) is 36.2 Å². The van der Waals surface area contributed by atoms with Gasteiger partial charge >= 0.3 is 0 Å². The number of nitrogens with one attached hydrogen (secondary N) is 1. The number of aromatic nitrogens is 1. The standard InChI is InChI=1S/C27H21N3O5S/c31-23(18-7-2-1-3-8-18)16-30-26(33)24(36-27(30)34)13-19-15-29(22-11-5-4-10-21(19)22)17-25(32)28-14-20-9-6-12-35-20/h1-13,15H,14,16-17H2,(H,28,32)/b24-13-. The normalized spacial score (nSPS) is 14.7. The Kier molecular flexibility index (Phi) is 6.55. The first-order valence-electron chi connectivity index (χ1n) is 11.2. The zero-order valence-electron chi connectivity index (χ0n) is 19.0. The number of rotatable bonds is 8. The van der Waals surface area contributed by atoms with Gasteiger partial charge in [-0.3, -0.25) is 24.1 Å². The number of para-hydroxylation sites is 1. The van der Waals surface area contributed by atoms with E-state index in [1.54, 1.807) is 65.6 Å². The van der Waals surface area contributed by atoms with Crippen molar-refractivity contribution in [3.8, 4) is 0 Å². The number of furan rings is 1. The predicted octanol–water partition coefficient (Wildman–Crippen LogP) is 4.47. The van der Waals surface area contributed by atoms with E-state index >= 15 is 0 Å². The molecule has 0 unspecified atom stereocenters. The third-order valence-corrected chi connectivity index (χ3v) is 6.64. The molecule has 9 heteroatoms. The third kappa shape index (κ3) is 4.87. The number of Topliss-reactive ketones (excluding diaryl/α,β-unsaturated/α-hetero) is 1. The smallest absolute Gasteiger partial charge is 0.293 e. The summed E-state index contributed by atoms with van der Waals surface area (Å²) in [5.74, 6) is -0.361. The minimum Gasteiger partial charge on any atom is -0.467 e. The molecule has 1 aliphatic rings. The van der Waals surface area contributed by atoms with Crippen LogP contribution < -0.4 is 5.32 Å². The fraction of sp³-hybridized carbons (Fsp3) is 0.111. The first kappa shape index (κ1) is 23.4. The third-order valence-electron chi connectivity index (χ3n) is 5.73. The Morgan fingerprint density at radius 1 is 0.944 bits per heavy atom. The van der Waals surface area contributed by atoms with Crippen LogP contribution in [0.5, 0.6) is 0 Å². The molecule has 1 aliphatic heterocycles. The van der Waals surface area contributed by atoms with E-state index in [1.807, 2.05) is 24.3 Å². The summed E-state index contributed by atoms with van der Waals surface area (Å²) in [7, 11) is 0. The van der Waals surface area contributed by atoms with Gasteiger partial charge in [-0.2, -0.15) is 0 Å². The van der Waals surface area contributed by atoms with E-state index in [0.717, 1.165) is 27.6 Å². The van der Waals surface area contributed by atoms with E-state index in [9.17, 15) is 19.2 Å². The number of hydrogen-bond acceptors (Lipinski definition) is 6. The van der Waals surface area contributed by atoms with Crippen molar-refractivity contribution in [3.05, 3.63) is 101 Å². The van der Waals surface area contributed by atoms with Gasteiger partial charge in [0.1, 0.15) is 12.3 Å². The van der Waals surface area contributed by atoms with Crippen molar-refractivity contribution in [2.24, 2.45) is 0 Å². The Bertz CT molecular complexity index is 1490. The number of carbonyl (C=O) groups is 4. The highest BCUT2D eigenvalue weighted by molar-refractivity contribution is 8.18. The van der Waals surface area contributed by atoms with Crippen LogP contribution in [0.1, 0.15) is 21.7 Å². The summed E-state index contributed by atoms with van der Waals surface area (Å²) in [6, 6.07) is 19.6. The quantitative estimate of drug-likeness (QED) is 0.284. The van der Waals surface area contributed by atoms with Crippen molar-refractivity contribution >= 4 is 51.6 Å². The fourth-order valence-electron chi connectivity index (χ4n) is 3.97. The van der Waals surface area contributed by atoms with Gasteiger partial charge in [-0.1, -0.05) is 48.5 Å². The molecule has 180 valence electrons. The summed E-state index contributed by atoms with van der Waals surface area (Å²) in [5.41, 5.74) is 1.95. The van der Waals surface area contributed by atoms with Crippen molar-refractivity contribution in [1.29, 1.82) is 0 Å². The molecule has 0 aliphatic carbocycles.